The number of hydrogen-bond acceptors (Lipinski definition) is 7. The van der Waals surface area contributed by atoms with Crippen molar-refractivity contribution in [3.8, 4) is 0 Å². The van der Waals surface area contributed by atoms with E-state index in [0.717, 1.165) is 11.6 Å². The average molecular weight is 316 g/mol. The van der Waals surface area contributed by atoms with Crippen LogP contribution in [0, 0.1) is 0 Å². The maximum absolute atomic E-state index is 11.7. The molecule has 23 heavy (non-hydrogen) atoms. The van der Waals surface area contributed by atoms with E-state index in [9.17, 15) is 9.59 Å². The molecule has 1 heterocycles. The summed E-state index contributed by atoms with van der Waals surface area (Å²) >= 11 is 0. The number of anilines is 1. The van der Waals surface area contributed by atoms with Crippen molar-refractivity contribution in [1.82, 2.24) is 14.8 Å². The van der Waals surface area contributed by atoms with Crippen LogP contribution in [0.25, 0.3) is 0 Å². The molecule has 0 aliphatic rings. The fourth-order valence-corrected chi connectivity index (χ4v) is 1.78. The predicted octanol–water partition coefficient (Wildman–Crippen LogP) is 0.968. The SMILES string of the molecule is COC(=O)/C=C(/Nc1ccc(Cn2cncn2)cc1)C(=O)OC. The van der Waals surface area contributed by atoms with Crippen LogP contribution in [0.1, 0.15) is 5.56 Å². The Labute approximate surface area is 132 Å². The van der Waals surface area contributed by atoms with Gasteiger partial charge in [-0.15, -0.1) is 0 Å². The summed E-state index contributed by atoms with van der Waals surface area (Å²) in [6.07, 6.45) is 4.13. The van der Waals surface area contributed by atoms with Crippen LogP contribution < -0.4 is 5.32 Å². The molecule has 1 N–H and O–H groups in total. The third kappa shape index (κ3) is 4.67. The molecular formula is C15H16N4O4. The minimum absolute atomic E-state index is 0.0108. The summed E-state index contributed by atoms with van der Waals surface area (Å²) in [6, 6.07) is 7.30. The molecule has 0 saturated carbocycles. The Kier molecular flexibility index (Phi) is 5.45. The first-order valence-electron chi connectivity index (χ1n) is 6.68. The van der Waals surface area contributed by atoms with Crippen molar-refractivity contribution in [2.24, 2.45) is 0 Å². The van der Waals surface area contributed by atoms with Gasteiger partial charge >= 0.3 is 11.9 Å². The lowest BCUT2D eigenvalue weighted by Gasteiger charge is -2.10. The van der Waals surface area contributed by atoms with Gasteiger partial charge in [0, 0.05) is 5.69 Å². The van der Waals surface area contributed by atoms with Gasteiger partial charge in [-0.2, -0.15) is 5.10 Å². The first kappa shape index (κ1) is 16.2. The van der Waals surface area contributed by atoms with E-state index in [2.05, 4.69) is 24.9 Å². The normalized spacial score (nSPS) is 11.0. The molecule has 0 aliphatic carbocycles. The second-order valence-electron chi connectivity index (χ2n) is 4.49. The molecule has 0 amide bonds. The number of carbonyl (C=O) groups excluding carboxylic acids is 2. The third-order valence-electron chi connectivity index (χ3n) is 2.91. The number of ether oxygens (including phenoxy) is 2. The van der Waals surface area contributed by atoms with Gasteiger partial charge in [0.05, 0.1) is 26.8 Å². The van der Waals surface area contributed by atoms with Crippen LogP contribution in [0.5, 0.6) is 0 Å². The predicted molar refractivity (Wildman–Crippen MR) is 81.3 cm³/mol. The van der Waals surface area contributed by atoms with Crippen LogP contribution in [0.3, 0.4) is 0 Å². The maximum atomic E-state index is 11.7. The van der Waals surface area contributed by atoms with E-state index >= 15 is 0 Å². The van der Waals surface area contributed by atoms with Crippen LogP contribution in [0.4, 0.5) is 5.69 Å². The highest BCUT2D eigenvalue weighted by atomic mass is 16.5. The monoisotopic (exact) mass is 316 g/mol. The summed E-state index contributed by atoms with van der Waals surface area (Å²) in [5, 5.41) is 6.86. The molecule has 2 rings (SSSR count). The number of benzene rings is 1. The summed E-state index contributed by atoms with van der Waals surface area (Å²) in [5.41, 5.74) is 1.63. The van der Waals surface area contributed by atoms with Crippen LogP contribution in [0.2, 0.25) is 0 Å². The number of esters is 2. The molecule has 1 aromatic carbocycles. The van der Waals surface area contributed by atoms with Crippen molar-refractivity contribution in [2.75, 3.05) is 19.5 Å². The summed E-state index contributed by atoms with van der Waals surface area (Å²) in [7, 11) is 2.46. The van der Waals surface area contributed by atoms with Gasteiger partial charge in [0.2, 0.25) is 0 Å². The number of nitrogens with one attached hydrogen (secondary N) is 1. The van der Waals surface area contributed by atoms with Gasteiger partial charge in [-0.3, -0.25) is 0 Å². The van der Waals surface area contributed by atoms with Gasteiger partial charge in [0.1, 0.15) is 18.4 Å². The number of hydrogen-bond donors (Lipinski definition) is 1. The van der Waals surface area contributed by atoms with Crippen molar-refractivity contribution in [3.63, 3.8) is 0 Å². The molecule has 0 radical (unpaired) electrons. The van der Waals surface area contributed by atoms with Crippen LogP contribution >= 0.6 is 0 Å². The highest BCUT2D eigenvalue weighted by Gasteiger charge is 2.12. The van der Waals surface area contributed by atoms with Crippen molar-refractivity contribution in [3.05, 3.63) is 54.3 Å². The summed E-state index contributed by atoms with van der Waals surface area (Å²) in [6.45, 7) is 0.585. The average Bonchev–Trinajstić information content (AvgIpc) is 3.08. The van der Waals surface area contributed by atoms with E-state index in [0.29, 0.717) is 12.2 Å². The topological polar surface area (TPSA) is 95.3 Å². The molecule has 2 aromatic rings. The quantitative estimate of drug-likeness (QED) is 0.626. The van der Waals surface area contributed by atoms with E-state index in [-0.39, 0.29) is 5.70 Å². The molecular weight excluding hydrogens is 300 g/mol. The zero-order valence-electron chi connectivity index (χ0n) is 12.7. The minimum Gasteiger partial charge on any atom is -0.466 e. The number of nitrogens with zero attached hydrogens (tertiary/aromatic N) is 3. The summed E-state index contributed by atoms with van der Waals surface area (Å²) < 4.78 is 10.8. The molecule has 0 aliphatic heterocycles. The highest BCUT2D eigenvalue weighted by Crippen LogP contribution is 2.13. The fourth-order valence-electron chi connectivity index (χ4n) is 1.78. The number of methoxy groups -OCH3 is 2. The van der Waals surface area contributed by atoms with Crippen molar-refractivity contribution >= 4 is 17.6 Å². The van der Waals surface area contributed by atoms with E-state index in [1.165, 1.54) is 20.5 Å². The van der Waals surface area contributed by atoms with Gasteiger partial charge in [-0.1, -0.05) is 12.1 Å². The largest absolute Gasteiger partial charge is 0.466 e. The van der Waals surface area contributed by atoms with Gasteiger partial charge in [0.25, 0.3) is 0 Å². The van der Waals surface area contributed by atoms with Crippen molar-refractivity contribution < 1.29 is 19.1 Å². The number of aromatic nitrogens is 3. The Bertz CT molecular complexity index is 693. The zero-order valence-corrected chi connectivity index (χ0v) is 12.7. The van der Waals surface area contributed by atoms with Crippen LogP contribution in [-0.2, 0) is 25.6 Å². The number of rotatable bonds is 6. The Morgan fingerprint density at radius 2 is 1.96 bits per heavy atom. The maximum Gasteiger partial charge on any atom is 0.354 e. The molecule has 0 unspecified atom stereocenters. The molecule has 8 nitrogen and oxygen atoms in total. The molecule has 1 aromatic heterocycles. The van der Waals surface area contributed by atoms with Crippen LogP contribution in [-0.4, -0.2) is 40.9 Å². The Balaban J connectivity index is 2.09. The smallest absolute Gasteiger partial charge is 0.354 e. The molecule has 8 heteroatoms. The van der Waals surface area contributed by atoms with Gasteiger partial charge in [-0.25, -0.2) is 19.3 Å². The number of carbonyl (C=O) groups is 2. The van der Waals surface area contributed by atoms with Crippen molar-refractivity contribution in [2.45, 2.75) is 6.54 Å². The van der Waals surface area contributed by atoms with Gasteiger partial charge in [-0.05, 0) is 17.7 Å². The molecule has 0 saturated heterocycles. The Morgan fingerprint density at radius 1 is 1.22 bits per heavy atom. The second-order valence-corrected chi connectivity index (χ2v) is 4.49. The van der Waals surface area contributed by atoms with Crippen LogP contribution in [0.15, 0.2) is 48.7 Å². The van der Waals surface area contributed by atoms with E-state index < -0.39 is 11.9 Å². The fraction of sp³-hybridized carbons (Fsp3) is 0.200. The van der Waals surface area contributed by atoms with Gasteiger partial charge in [0.15, 0.2) is 0 Å². The zero-order chi connectivity index (χ0) is 16.7. The Hall–Kier alpha value is -3.16. The standard InChI is InChI=1S/C15H16N4O4/c1-22-14(20)7-13(15(21)23-2)18-12-5-3-11(4-6-12)8-19-10-16-9-17-19/h3-7,9-10,18H,8H2,1-2H3/b13-7+. The lowest BCUT2D eigenvalue weighted by Crippen LogP contribution is -2.15. The lowest BCUT2D eigenvalue weighted by molar-refractivity contribution is -0.138. The first-order valence-corrected chi connectivity index (χ1v) is 6.68. The molecule has 0 spiro atoms. The third-order valence-corrected chi connectivity index (χ3v) is 2.91. The summed E-state index contributed by atoms with van der Waals surface area (Å²) in [5.74, 6) is -1.32. The first-order chi connectivity index (χ1) is 11.1. The molecule has 120 valence electrons. The van der Waals surface area contributed by atoms with E-state index in [1.807, 2.05) is 12.1 Å². The summed E-state index contributed by atoms with van der Waals surface area (Å²) in [4.78, 5) is 26.8. The minimum atomic E-state index is -0.665. The van der Waals surface area contributed by atoms with E-state index in [1.54, 1.807) is 23.1 Å². The second kappa shape index (κ2) is 7.74. The van der Waals surface area contributed by atoms with E-state index in [4.69, 9.17) is 0 Å². The molecule has 0 atom stereocenters. The van der Waals surface area contributed by atoms with Gasteiger partial charge < -0.3 is 14.8 Å². The Morgan fingerprint density at radius 3 is 2.52 bits per heavy atom. The molecule has 0 fully saturated rings. The molecule has 0 bridgehead atoms. The lowest BCUT2D eigenvalue weighted by atomic mass is 10.2. The van der Waals surface area contributed by atoms with Crippen molar-refractivity contribution in [1.29, 1.82) is 0 Å². The highest BCUT2D eigenvalue weighted by molar-refractivity contribution is 5.98.